The van der Waals surface area contributed by atoms with Crippen LogP contribution in [0.1, 0.15) is 11.7 Å². The van der Waals surface area contributed by atoms with E-state index in [1.807, 2.05) is 0 Å². The Morgan fingerprint density at radius 2 is 1.95 bits per heavy atom. The molecule has 1 N–H and O–H groups in total. The molecule has 0 aromatic heterocycles. The maximum absolute atomic E-state index is 13.5. The molecule has 1 aromatic carbocycles. The maximum atomic E-state index is 13.5. The van der Waals surface area contributed by atoms with Gasteiger partial charge in [0.2, 0.25) is 0 Å². The van der Waals surface area contributed by atoms with Crippen molar-refractivity contribution in [3.8, 4) is 0 Å². The highest BCUT2D eigenvalue weighted by molar-refractivity contribution is 5.20. The van der Waals surface area contributed by atoms with Crippen LogP contribution >= 0.6 is 0 Å². The van der Waals surface area contributed by atoms with Crippen molar-refractivity contribution in [1.82, 2.24) is 4.90 Å². The predicted molar refractivity (Wildman–Crippen MR) is 65.7 cm³/mol. The number of hydrogen-bond acceptors (Lipinski definition) is 3. The number of alkyl halides is 3. The van der Waals surface area contributed by atoms with Crippen LogP contribution in [0.2, 0.25) is 0 Å². The number of nitrogens with zero attached hydrogens (tertiary/aromatic N) is 1. The first kappa shape index (κ1) is 16.9. The number of methoxy groups -OCH3 is 1. The summed E-state index contributed by atoms with van der Waals surface area (Å²) in [5, 5.41) is 9.88. The van der Waals surface area contributed by atoms with Crippen LogP contribution in [0.4, 0.5) is 17.6 Å². The zero-order valence-electron chi connectivity index (χ0n) is 11.0. The van der Waals surface area contributed by atoms with Gasteiger partial charge in [0.15, 0.2) is 0 Å². The van der Waals surface area contributed by atoms with E-state index in [4.69, 9.17) is 4.74 Å². The molecule has 0 saturated carbocycles. The predicted octanol–water partition coefficient (Wildman–Crippen LogP) is 2.37. The van der Waals surface area contributed by atoms with Crippen molar-refractivity contribution in [1.29, 1.82) is 0 Å². The molecule has 0 spiro atoms. The maximum Gasteiger partial charge on any atom is 0.401 e. The van der Waals surface area contributed by atoms with E-state index in [0.29, 0.717) is 0 Å². The molecular weight excluding hydrogens is 278 g/mol. The summed E-state index contributed by atoms with van der Waals surface area (Å²) < 4.78 is 55.5. The van der Waals surface area contributed by atoms with Crippen LogP contribution in [0.25, 0.3) is 0 Å². The summed E-state index contributed by atoms with van der Waals surface area (Å²) in [6.07, 6.45) is -5.71. The van der Waals surface area contributed by atoms with E-state index in [1.165, 1.54) is 25.3 Å². The van der Waals surface area contributed by atoms with Gasteiger partial charge in [-0.1, -0.05) is 18.2 Å². The Morgan fingerprint density at radius 1 is 1.30 bits per heavy atom. The van der Waals surface area contributed by atoms with E-state index in [1.54, 1.807) is 0 Å². The minimum absolute atomic E-state index is 0.00151. The lowest BCUT2D eigenvalue weighted by atomic mass is 10.1. The zero-order valence-corrected chi connectivity index (χ0v) is 11.0. The minimum Gasteiger partial charge on any atom is -0.387 e. The van der Waals surface area contributed by atoms with Crippen molar-refractivity contribution in [2.75, 3.05) is 33.4 Å². The van der Waals surface area contributed by atoms with Crippen molar-refractivity contribution in [2.24, 2.45) is 0 Å². The molecule has 0 aliphatic heterocycles. The molecule has 0 radical (unpaired) electrons. The molecule has 3 nitrogen and oxygen atoms in total. The van der Waals surface area contributed by atoms with E-state index in [0.717, 1.165) is 11.0 Å². The highest BCUT2D eigenvalue weighted by atomic mass is 19.4. The van der Waals surface area contributed by atoms with Gasteiger partial charge < -0.3 is 9.84 Å². The third-order valence-corrected chi connectivity index (χ3v) is 2.71. The lowest BCUT2D eigenvalue weighted by Crippen LogP contribution is -2.39. The fourth-order valence-electron chi connectivity index (χ4n) is 1.80. The number of halogens is 4. The summed E-state index contributed by atoms with van der Waals surface area (Å²) in [4.78, 5) is 0.987. The third-order valence-electron chi connectivity index (χ3n) is 2.71. The van der Waals surface area contributed by atoms with Crippen LogP contribution in [0.3, 0.4) is 0 Å². The molecule has 20 heavy (non-hydrogen) atoms. The van der Waals surface area contributed by atoms with Gasteiger partial charge in [0, 0.05) is 25.8 Å². The molecule has 1 unspecified atom stereocenters. The van der Waals surface area contributed by atoms with Crippen LogP contribution < -0.4 is 0 Å². The molecule has 0 bridgehead atoms. The van der Waals surface area contributed by atoms with E-state index in [9.17, 15) is 22.7 Å². The van der Waals surface area contributed by atoms with Gasteiger partial charge in [-0.2, -0.15) is 13.2 Å². The lowest BCUT2D eigenvalue weighted by molar-refractivity contribution is -0.149. The van der Waals surface area contributed by atoms with Gasteiger partial charge in [-0.05, 0) is 6.07 Å². The van der Waals surface area contributed by atoms with E-state index in [2.05, 4.69) is 0 Å². The molecule has 0 aliphatic carbocycles. The van der Waals surface area contributed by atoms with Crippen LogP contribution in [-0.2, 0) is 4.74 Å². The Hall–Kier alpha value is -1.18. The zero-order chi connectivity index (χ0) is 15.2. The Morgan fingerprint density at radius 3 is 2.50 bits per heavy atom. The van der Waals surface area contributed by atoms with Gasteiger partial charge in [0.1, 0.15) is 5.82 Å². The Balaban J connectivity index is 2.70. The number of ether oxygens (including phenoxy) is 1. The normalized spacial score (nSPS) is 13.8. The summed E-state index contributed by atoms with van der Waals surface area (Å²) in [6, 6.07) is 5.47. The van der Waals surface area contributed by atoms with Gasteiger partial charge in [0.25, 0.3) is 0 Å². The lowest BCUT2D eigenvalue weighted by Gasteiger charge is -2.26. The second-order valence-corrected chi connectivity index (χ2v) is 4.38. The molecule has 0 amide bonds. The first-order chi connectivity index (χ1) is 9.33. The van der Waals surface area contributed by atoms with Crippen molar-refractivity contribution in [2.45, 2.75) is 12.3 Å². The summed E-state index contributed by atoms with van der Waals surface area (Å²) in [6.45, 7) is -1.40. The summed E-state index contributed by atoms with van der Waals surface area (Å²) >= 11 is 0. The fourth-order valence-corrected chi connectivity index (χ4v) is 1.80. The molecule has 114 valence electrons. The van der Waals surface area contributed by atoms with Crippen LogP contribution in [0.5, 0.6) is 0 Å². The second kappa shape index (κ2) is 7.56. The third kappa shape index (κ3) is 5.85. The van der Waals surface area contributed by atoms with Gasteiger partial charge in [-0.15, -0.1) is 0 Å². The monoisotopic (exact) mass is 295 g/mol. The van der Waals surface area contributed by atoms with Gasteiger partial charge in [-0.3, -0.25) is 4.90 Å². The van der Waals surface area contributed by atoms with E-state index >= 15 is 0 Å². The smallest absolute Gasteiger partial charge is 0.387 e. The van der Waals surface area contributed by atoms with Gasteiger partial charge >= 0.3 is 6.18 Å². The second-order valence-electron chi connectivity index (χ2n) is 4.38. The Kier molecular flexibility index (Phi) is 6.38. The molecule has 0 aliphatic rings. The number of hydrogen-bond donors (Lipinski definition) is 1. The molecule has 1 atom stereocenters. The first-order valence-electron chi connectivity index (χ1n) is 6.04. The van der Waals surface area contributed by atoms with E-state index in [-0.39, 0.29) is 25.3 Å². The molecule has 1 aromatic rings. The van der Waals surface area contributed by atoms with Crippen LogP contribution in [0.15, 0.2) is 24.3 Å². The van der Waals surface area contributed by atoms with Crippen LogP contribution in [0, 0.1) is 5.82 Å². The standard InChI is InChI=1S/C13H17F4NO2/c1-20-7-6-18(9-13(15,16)17)8-12(19)10-4-2-3-5-11(10)14/h2-5,12,19H,6-9H2,1H3. The SMILES string of the molecule is COCCN(CC(O)c1ccccc1F)CC(F)(F)F. The average molecular weight is 295 g/mol. The number of aliphatic hydroxyl groups excluding tert-OH is 1. The topological polar surface area (TPSA) is 32.7 Å². The molecule has 0 fully saturated rings. The molecule has 0 heterocycles. The van der Waals surface area contributed by atoms with Gasteiger partial charge in [0.05, 0.1) is 19.3 Å². The fraction of sp³-hybridized carbons (Fsp3) is 0.538. The summed E-state index contributed by atoms with van der Waals surface area (Å²) in [5.74, 6) is -0.640. The first-order valence-corrected chi connectivity index (χ1v) is 6.04. The molecule has 0 saturated heterocycles. The van der Waals surface area contributed by atoms with Crippen molar-refractivity contribution >= 4 is 0 Å². The minimum atomic E-state index is -4.39. The molecule has 7 heteroatoms. The van der Waals surface area contributed by atoms with Crippen LogP contribution in [-0.4, -0.2) is 49.5 Å². The number of rotatable bonds is 7. The van der Waals surface area contributed by atoms with Gasteiger partial charge in [-0.25, -0.2) is 4.39 Å². The average Bonchev–Trinajstić information content (AvgIpc) is 2.34. The Bertz CT molecular complexity index is 412. The van der Waals surface area contributed by atoms with Crippen molar-refractivity contribution < 1.29 is 27.4 Å². The van der Waals surface area contributed by atoms with Crippen molar-refractivity contribution in [3.63, 3.8) is 0 Å². The molecular formula is C13H17F4NO2. The number of aliphatic hydroxyl groups is 1. The highest BCUT2D eigenvalue weighted by Crippen LogP contribution is 2.21. The highest BCUT2D eigenvalue weighted by Gasteiger charge is 2.31. The Labute approximate surface area is 114 Å². The quantitative estimate of drug-likeness (QED) is 0.784. The van der Waals surface area contributed by atoms with E-state index < -0.39 is 24.6 Å². The van der Waals surface area contributed by atoms with Crippen molar-refractivity contribution in [3.05, 3.63) is 35.6 Å². The number of benzene rings is 1. The molecule has 1 rings (SSSR count). The summed E-state index contributed by atoms with van der Waals surface area (Å²) in [5.41, 5.74) is -0.0166. The summed E-state index contributed by atoms with van der Waals surface area (Å²) in [7, 11) is 1.37. The largest absolute Gasteiger partial charge is 0.401 e.